The van der Waals surface area contributed by atoms with E-state index < -0.39 is 61.5 Å². The molecule has 0 radical (unpaired) electrons. The minimum atomic E-state index is -2.27. The van der Waals surface area contributed by atoms with Gasteiger partial charge in [0, 0.05) is 18.9 Å². The molecule has 226 valence electrons. The number of ether oxygens (including phenoxy) is 1. The second-order valence-corrected chi connectivity index (χ2v) is 18.8. The Hall–Kier alpha value is -2.40. The van der Waals surface area contributed by atoms with Crippen molar-refractivity contribution >= 4 is 32.2 Å². The van der Waals surface area contributed by atoms with Crippen LogP contribution in [0.1, 0.15) is 86.5 Å². The number of piperidine rings is 1. The number of hydrogen-bond donors (Lipinski definition) is 3. The van der Waals surface area contributed by atoms with Crippen LogP contribution in [0.15, 0.2) is 12.2 Å². The van der Waals surface area contributed by atoms with Crippen LogP contribution in [0.25, 0.3) is 0 Å². The molecule has 0 saturated carbocycles. The Morgan fingerprint density at radius 1 is 1.12 bits per heavy atom. The molecular formula is C29H49N3O7Si. The van der Waals surface area contributed by atoms with Crippen LogP contribution in [-0.4, -0.2) is 78.1 Å². The second-order valence-electron chi connectivity index (χ2n) is 14.0. The fourth-order valence-corrected chi connectivity index (χ4v) is 7.06. The van der Waals surface area contributed by atoms with E-state index in [1.165, 1.54) is 0 Å². The number of carboxylic acid groups (broad SMARTS) is 1. The zero-order valence-corrected chi connectivity index (χ0v) is 26.5. The number of carboxylic acids is 1. The van der Waals surface area contributed by atoms with Crippen LogP contribution in [0.5, 0.6) is 0 Å². The molecule has 0 aliphatic carbocycles. The lowest BCUT2D eigenvalue weighted by atomic mass is 9.73. The second kappa shape index (κ2) is 11.8. The Balaban J connectivity index is 2.07. The molecule has 3 aliphatic rings. The lowest BCUT2D eigenvalue weighted by Gasteiger charge is -2.47. The summed E-state index contributed by atoms with van der Waals surface area (Å²) in [5.41, 5.74) is -2.06. The maximum Gasteiger partial charge on any atom is 0.408 e. The summed E-state index contributed by atoms with van der Waals surface area (Å²) in [5.74, 6) is -2.46. The van der Waals surface area contributed by atoms with Crippen molar-refractivity contribution in [1.29, 1.82) is 0 Å². The normalized spacial score (nSPS) is 31.1. The average Bonchev–Trinajstić information content (AvgIpc) is 3.16. The van der Waals surface area contributed by atoms with Crippen LogP contribution in [0.3, 0.4) is 0 Å². The summed E-state index contributed by atoms with van der Waals surface area (Å²) in [6, 6.07) is -1.93. The Morgan fingerprint density at radius 2 is 1.80 bits per heavy atom. The Labute approximate surface area is 239 Å². The SMILES string of the molecule is CC(C)(C)OC(=O)NC1CCCCC/C=C/C2CC(C(=O)O)NC(=O)C23CC(O[Si](C)(C)C(C)(C)C)CN3C1=O. The van der Waals surface area contributed by atoms with Gasteiger partial charge in [-0.05, 0) is 64.6 Å². The fourth-order valence-electron chi connectivity index (χ4n) is 5.72. The van der Waals surface area contributed by atoms with Gasteiger partial charge in [-0.3, -0.25) is 9.59 Å². The maximum atomic E-state index is 14.4. The topological polar surface area (TPSA) is 134 Å². The third kappa shape index (κ3) is 7.08. The molecule has 0 aromatic rings. The molecule has 40 heavy (non-hydrogen) atoms. The third-order valence-corrected chi connectivity index (χ3v) is 13.3. The van der Waals surface area contributed by atoms with Crippen molar-refractivity contribution in [1.82, 2.24) is 15.5 Å². The molecule has 0 aromatic heterocycles. The highest BCUT2D eigenvalue weighted by molar-refractivity contribution is 6.74. The lowest BCUT2D eigenvalue weighted by Crippen LogP contribution is -2.69. The van der Waals surface area contributed by atoms with Gasteiger partial charge in [-0.2, -0.15) is 0 Å². The first-order valence-corrected chi connectivity index (χ1v) is 17.5. The van der Waals surface area contributed by atoms with Gasteiger partial charge in [0.05, 0.1) is 6.10 Å². The van der Waals surface area contributed by atoms with Crippen LogP contribution in [0, 0.1) is 5.92 Å². The van der Waals surface area contributed by atoms with Gasteiger partial charge in [0.1, 0.15) is 23.2 Å². The van der Waals surface area contributed by atoms with E-state index in [2.05, 4.69) is 44.5 Å². The molecule has 3 rings (SSSR count). The summed E-state index contributed by atoms with van der Waals surface area (Å²) < 4.78 is 12.2. The van der Waals surface area contributed by atoms with Gasteiger partial charge in [0.15, 0.2) is 8.32 Å². The van der Waals surface area contributed by atoms with Gasteiger partial charge in [-0.1, -0.05) is 45.8 Å². The highest BCUT2D eigenvalue weighted by atomic mass is 28.4. The number of allylic oxidation sites excluding steroid dienone is 1. The van der Waals surface area contributed by atoms with Crippen molar-refractivity contribution in [3.8, 4) is 0 Å². The summed E-state index contributed by atoms with van der Waals surface area (Å²) in [4.78, 5) is 54.7. The number of hydrogen-bond acceptors (Lipinski definition) is 6. The number of alkyl carbamates (subject to hydrolysis) is 1. The van der Waals surface area contributed by atoms with Crippen molar-refractivity contribution in [2.24, 2.45) is 5.92 Å². The van der Waals surface area contributed by atoms with Crippen molar-refractivity contribution < 1.29 is 33.4 Å². The molecule has 3 heterocycles. The van der Waals surface area contributed by atoms with Crippen molar-refractivity contribution in [3.05, 3.63) is 12.2 Å². The molecule has 2 saturated heterocycles. The van der Waals surface area contributed by atoms with Crippen LogP contribution >= 0.6 is 0 Å². The summed E-state index contributed by atoms with van der Waals surface area (Å²) in [6.07, 6.45) is 6.97. The average molecular weight is 580 g/mol. The molecule has 1 spiro atoms. The first-order chi connectivity index (χ1) is 18.4. The largest absolute Gasteiger partial charge is 0.480 e. The molecule has 3 aliphatic heterocycles. The standard InChI is InChI=1S/C29H49N3O7Si/c1-27(2,3)38-26(37)31-21-15-13-11-9-10-12-14-19-16-22(24(34)35)30-25(36)29(19)17-20(18-32(29)23(21)33)39-40(7,8)28(4,5)6/h12,14,19-22H,9-11,13,15-18H2,1-8H3,(H,30,36)(H,31,37)(H,34,35)/b14-12+. The van der Waals surface area contributed by atoms with E-state index in [1.807, 2.05) is 12.2 Å². The van der Waals surface area contributed by atoms with E-state index in [4.69, 9.17) is 9.16 Å². The fraction of sp³-hybridized carbons (Fsp3) is 0.793. The Bertz CT molecular complexity index is 1020. The van der Waals surface area contributed by atoms with Crippen LogP contribution < -0.4 is 10.6 Å². The van der Waals surface area contributed by atoms with E-state index in [9.17, 15) is 24.3 Å². The van der Waals surface area contributed by atoms with Crippen molar-refractivity contribution in [2.75, 3.05) is 6.54 Å². The minimum absolute atomic E-state index is 0.0837. The third-order valence-electron chi connectivity index (χ3n) is 8.76. The Kier molecular flexibility index (Phi) is 9.50. The number of nitrogens with zero attached hydrogens (tertiary/aromatic N) is 1. The quantitative estimate of drug-likeness (QED) is 0.333. The highest BCUT2D eigenvalue weighted by Crippen LogP contribution is 2.46. The number of rotatable bonds is 4. The smallest absolute Gasteiger partial charge is 0.408 e. The zero-order chi connectivity index (χ0) is 30.1. The molecule has 3 N–H and O–H groups in total. The molecule has 10 nitrogen and oxygen atoms in total. The van der Waals surface area contributed by atoms with E-state index in [1.54, 1.807) is 25.7 Å². The van der Waals surface area contributed by atoms with Gasteiger partial charge in [0.25, 0.3) is 0 Å². The van der Waals surface area contributed by atoms with Crippen LogP contribution in [-0.2, 0) is 23.5 Å². The predicted molar refractivity (Wildman–Crippen MR) is 154 cm³/mol. The molecular weight excluding hydrogens is 530 g/mol. The molecule has 2 fully saturated rings. The van der Waals surface area contributed by atoms with Crippen LogP contribution in [0.4, 0.5) is 4.79 Å². The van der Waals surface area contributed by atoms with E-state index >= 15 is 0 Å². The number of carbonyl (C=O) groups excluding carboxylic acids is 3. The van der Waals surface area contributed by atoms with E-state index in [0.717, 1.165) is 25.7 Å². The number of aliphatic carboxylic acids is 1. The number of nitrogens with one attached hydrogen (secondary N) is 2. The first-order valence-electron chi connectivity index (χ1n) is 14.6. The zero-order valence-electron chi connectivity index (χ0n) is 25.5. The number of amides is 3. The molecule has 3 amide bonds. The molecule has 5 unspecified atom stereocenters. The number of carbonyl (C=O) groups is 4. The summed E-state index contributed by atoms with van der Waals surface area (Å²) >= 11 is 0. The minimum Gasteiger partial charge on any atom is -0.480 e. The van der Waals surface area contributed by atoms with E-state index in [-0.39, 0.29) is 30.3 Å². The summed E-state index contributed by atoms with van der Waals surface area (Å²) in [7, 11) is -2.27. The molecule has 5 atom stereocenters. The molecule has 11 heteroatoms. The van der Waals surface area contributed by atoms with Gasteiger partial charge in [-0.15, -0.1) is 0 Å². The highest BCUT2D eigenvalue weighted by Gasteiger charge is 2.62. The summed E-state index contributed by atoms with van der Waals surface area (Å²) in [6.45, 7) is 16.2. The summed E-state index contributed by atoms with van der Waals surface area (Å²) in [5, 5.41) is 15.2. The lowest BCUT2D eigenvalue weighted by molar-refractivity contribution is -0.156. The first kappa shape index (κ1) is 32.1. The van der Waals surface area contributed by atoms with Gasteiger partial charge in [-0.25, -0.2) is 9.59 Å². The van der Waals surface area contributed by atoms with Gasteiger partial charge >= 0.3 is 12.1 Å². The van der Waals surface area contributed by atoms with Crippen molar-refractivity contribution in [2.45, 2.75) is 134 Å². The van der Waals surface area contributed by atoms with E-state index in [0.29, 0.717) is 6.42 Å². The predicted octanol–water partition coefficient (Wildman–Crippen LogP) is 4.35. The van der Waals surface area contributed by atoms with Gasteiger partial charge < -0.3 is 29.8 Å². The molecule has 0 aromatic carbocycles. The Morgan fingerprint density at radius 3 is 2.40 bits per heavy atom. The van der Waals surface area contributed by atoms with Crippen molar-refractivity contribution in [3.63, 3.8) is 0 Å². The van der Waals surface area contributed by atoms with Gasteiger partial charge in [0.2, 0.25) is 11.8 Å². The monoisotopic (exact) mass is 579 g/mol. The maximum absolute atomic E-state index is 14.4. The molecule has 0 bridgehead atoms. The van der Waals surface area contributed by atoms with Crippen LogP contribution in [0.2, 0.25) is 18.1 Å².